The molecule has 5 aliphatic heterocycles. The summed E-state index contributed by atoms with van der Waals surface area (Å²) in [5.74, 6) is -12.1. The molecule has 0 aromatic carbocycles. The first-order chi connectivity index (χ1) is 31.6. The summed E-state index contributed by atoms with van der Waals surface area (Å²) in [5, 5.41) is 73.8. The summed E-state index contributed by atoms with van der Waals surface area (Å²) in [5.41, 5.74) is 0.710. The molecule has 9 N–H and O–H groups in total. The Balaban J connectivity index is 1.62. The molecule has 5 rings (SSSR count). The first-order valence-electron chi connectivity index (χ1n) is 24.2. The van der Waals surface area contributed by atoms with Gasteiger partial charge in [0.1, 0.15) is 36.3 Å². The molecule has 0 bridgehead atoms. The van der Waals surface area contributed by atoms with E-state index in [1.54, 1.807) is 0 Å². The summed E-state index contributed by atoms with van der Waals surface area (Å²) < 4.78 is 12.2. The number of aliphatic hydroxyl groups excluding tert-OH is 1. The topological polar surface area (TPSA) is 312 Å². The molecule has 0 unspecified atom stereocenters. The number of amides is 6. The minimum absolute atomic E-state index is 0.0101. The van der Waals surface area contributed by atoms with Crippen LogP contribution >= 0.6 is 0 Å². The Morgan fingerprint density at radius 1 is 0.882 bits per heavy atom. The predicted molar refractivity (Wildman–Crippen MR) is 237 cm³/mol. The maximum Gasteiger partial charge on any atom is 0.332 e. The number of ether oxygens (including phenoxy) is 2. The van der Waals surface area contributed by atoms with Crippen molar-refractivity contribution in [3.63, 3.8) is 0 Å². The van der Waals surface area contributed by atoms with E-state index < -0.39 is 125 Å². The fraction of sp³-hybridized carbons (Fsp3) is 0.844. The quantitative estimate of drug-likeness (QED) is 0.0784. The van der Waals surface area contributed by atoms with Crippen LogP contribution in [0, 0.1) is 23.7 Å². The average Bonchev–Trinajstić information content (AvgIpc) is 3.62. The molecule has 386 valence electrons. The van der Waals surface area contributed by atoms with Gasteiger partial charge in [0.2, 0.25) is 11.7 Å². The number of rotatable bonds is 9. The van der Waals surface area contributed by atoms with Gasteiger partial charge in [-0.1, -0.05) is 54.9 Å². The molecular formula is C45H76N8O15. The standard InChI is InChI=1S/C45H76N8O15/c1-11-25(7)20-27-15-16-45(64,68-31(27)12-2)44(10,63)42(61)48-32-34(24(5)6)67-41(60)33(23(3)4)53(66)40(59)35-43(9,62)17-19-49(35)37(56)30-21-28(54)22-47-51(30)36(55)26(8)52(65)38(57)29-14-13-18-46-50(29)39(32)58/h23-35,46-47,54,62-66H,11-22H2,1-10H3,(H,48,61)/t25-,26+,27+,28+,29+,30+,31+,32-,33-,34-,35+,43+,44+,45+/m0/s1/i10+1,13+1,15+1,16+1,18+1,22+1,27+1,28+1,29+1,30+1,37+1,38+1,45+1. The highest BCUT2D eigenvalue weighted by molar-refractivity contribution is 5.98. The second-order valence-corrected chi connectivity index (χ2v) is 20.6. The van der Waals surface area contributed by atoms with Crippen LogP contribution < -0.4 is 16.2 Å². The SMILES string of the molecule is CC[C@H](C)C[13C@H]1[13CH2][13CH2][13C@](O)([C@]([13CH3])(O)C(=O)N[C@@H]2C(=O)N3N[13CH2][13CH2]C[13C@@H]3[13C](=O)N(O)[C@H](C)C(=O)N3N[13CH2][13C@H](O)C[13C@@H]3[13C](=O)N3CC[C@@](C)(O)[C@H]3C(=O)N(O)[C@@H](C(C)C)C(=O)O[C@H]2C(C)C)O[C@@H]1CC. The van der Waals surface area contributed by atoms with Crippen LogP contribution in [0.5, 0.6) is 0 Å². The lowest BCUT2D eigenvalue weighted by atomic mass is 9.94. The van der Waals surface area contributed by atoms with E-state index in [2.05, 4.69) is 30.0 Å². The molecule has 0 radical (unpaired) electrons. The van der Waals surface area contributed by atoms with Crippen molar-refractivity contribution in [2.24, 2.45) is 23.7 Å². The van der Waals surface area contributed by atoms with Crippen LogP contribution in [0.3, 0.4) is 0 Å². The Labute approximate surface area is 397 Å². The normalized spacial score (nSPS) is 36.6. The van der Waals surface area contributed by atoms with Crippen LogP contribution in [0.25, 0.3) is 0 Å². The Morgan fingerprint density at radius 3 is 2.13 bits per heavy atom. The van der Waals surface area contributed by atoms with E-state index in [1.807, 2.05) is 6.92 Å². The molecule has 6 amide bonds. The van der Waals surface area contributed by atoms with Gasteiger partial charge in [-0.05, 0) is 83.0 Å². The van der Waals surface area contributed by atoms with Gasteiger partial charge in [0.15, 0.2) is 11.6 Å². The Bertz CT molecular complexity index is 1890. The fourth-order valence-corrected chi connectivity index (χ4v) is 10.1. The van der Waals surface area contributed by atoms with Crippen LogP contribution in [0.2, 0.25) is 0 Å². The molecular weight excluding hydrogens is 905 g/mol. The van der Waals surface area contributed by atoms with Crippen LogP contribution in [0.4, 0.5) is 0 Å². The molecule has 0 saturated carbocycles. The van der Waals surface area contributed by atoms with Gasteiger partial charge in [-0.3, -0.25) is 49.2 Å². The summed E-state index contributed by atoms with van der Waals surface area (Å²) in [6.07, 6.45) is -1.48. The molecule has 5 saturated heterocycles. The lowest BCUT2D eigenvalue weighted by Crippen LogP contribution is -2.70. The maximum atomic E-state index is 15.1. The molecule has 0 aromatic heterocycles. The second kappa shape index (κ2) is 21.5. The molecule has 23 nitrogen and oxygen atoms in total. The predicted octanol–water partition coefficient (Wildman–Crippen LogP) is -0.704. The van der Waals surface area contributed by atoms with E-state index in [0.29, 0.717) is 18.8 Å². The number of fused-ring (bicyclic) bond motifs is 3. The minimum Gasteiger partial charge on any atom is -0.458 e. The van der Waals surface area contributed by atoms with Crippen LogP contribution in [0.15, 0.2) is 0 Å². The number of hydrogen-bond acceptors (Lipinski definition) is 17. The van der Waals surface area contributed by atoms with E-state index in [1.165, 1.54) is 34.6 Å². The zero-order valence-corrected chi connectivity index (χ0v) is 41.1. The largest absolute Gasteiger partial charge is 0.458 e. The molecule has 0 aliphatic carbocycles. The van der Waals surface area contributed by atoms with Gasteiger partial charge in [0, 0.05) is 32.5 Å². The van der Waals surface area contributed by atoms with Gasteiger partial charge in [0.05, 0.1) is 17.8 Å². The first kappa shape index (κ1) is 54.9. The van der Waals surface area contributed by atoms with Crippen molar-refractivity contribution in [3.05, 3.63) is 0 Å². The number of hydrogen-bond donors (Lipinski definition) is 9. The number of nitrogens with one attached hydrogen (secondary N) is 3. The molecule has 0 spiro atoms. The van der Waals surface area contributed by atoms with Gasteiger partial charge < -0.3 is 40.1 Å². The van der Waals surface area contributed by atoms with Crippen molar-refractivity contribution >= 4 is 41.4 Å². The Morgan fingerprint density at radius 2 is 1.53 bits per heavy atom. The number of carbonyl (C=O) groups is 7. The third-order valence-corrected chi connectivity index (χ3v) is 14.7. The van der Waals surface area contributed by atoms with Gasteiger partial charge >= 0.3 is 5.97 Å². The Hall–Kier alpha value is -4.07. The summed E-state index contributed by atoms with van der Waals surface area (Å²) in [4.78, 5) is 103. The van der Waals surface area contributed by atoms with Crippen LogP contribution in [-0.2, 0) is 43.0 Å². The van der Waals surface area contributed by atoms with Crippen molar-refractivity contribution in [2.75, 3.05) is 19.6 Å². The van der Waals surface area contributed by atoms with E-state index in [9.17, 15) is 59.6 Å². The average molecular weight is 982 g/mol. The summed E-state index contributed by atoms with van der Waals surface area (Å²) >= 11 is 0. The number of esters is 1. The number of hydroxylamine groups is 4. The number of carbonyl (C=O) groups excluding carboxylic acids is 7. The minimum atomic E-state index is -2.76. The lowest BCUT2D eigenvalue weighted by Gasteiger charge is -2.48. The van der Waals surface area contributed by atoms with Crippen molar-refractivity contribution < 1.29 is 73.9 Å². The van der Waals surface area contributed by atoms with Crippen molar-refractivity contribution in [1.82, 2.24) is 41.2 Å². The van der Waals surface area contributed by atoms with Crippen LogP contribution in [-0.4, -0.2) is 188 Å². The van der Waals surface area contributed by atoms with Gasteiger partial charge in [-0.2, -0.15) is 0 Å². The first-order valence-corrected chi connectivity index (χ1v) is 24.2. The molecule has 68 heavy (non-hydrogen) atoms. The highest BCUT2D eigenvalue weighted by Gasteiger charge is 2.59. The third kappa shape index (κ3) is 10.8. The number of cyclic esters (lactones) is 1. The molecule has 5 fully saturated rings. The zero-order chi connectivity index (χ0) is 51.0. The van der Waals surface area contributed by atoms with Gasteiger partial charge in [-0.15, -0.1) is 0 Å². The highest BCUT2D eigenvalue weighted by Crippen LogP contribution is 2.42. The van der Waals surface area contributed by atoms with E-state index in [0.717, 1.165) is 41.6 Å². The smallest absolute Gasteiger partial charge is 0.332 e. The molecule has 14 atom stereocenters. The Kier molecular flexibility index (Phi) is 17.4. The molecule has 5 heterocycles. The summed E-state index contributed by atoms with van der Waals surface area (Å²) in [6.45, 7) is 15.0. The van der Waals surface area contributed by atoms with Crippen LogP contribution in [0.1, 0.15) is 127 Å². The number of hydrazine groups is 2. The number of nitrogens with zero attached hydrogens (tertiary/aromatic N) is 5. The van der Waals surface area contributed by atoms with E-state index >= 15 is 4.79 Å². The van der Waals surface area contributed by atoms with E-state index in [4.69, 9.17) is 9.47 Å². The van der Waals surface area contributed by atoms with Crippen molar-refractivity contribution in [1.29, 1.82) is 0 Å². The summed E-state index contributed by atoms with van der Waals surface area (Å²) in [7, 11) is 0. The number of aliphatic hydroxyl groups is 4. The van der Waals surface area contributed by atoms with Gasteiger partial charge in [-0.25, -0.2) is 25.8 Å². The van der Waals surface area contributed by atoms with E-state index in [-0.39, 0.29) is 67.8 Å². The molecule has 0 aromatic rings. The monoisotopic (exact) mass is 982 g/mol. The van der Waals surface area contributed by atoms with Crippen molar-refractivity contribution in [2.45, 2.75) is 199 Å². The summed E-state index contributed by atoms with van der Waals surface area (Å²) in [6, 6.07) is -10.6. The maximum absolute atomic E-state index is 15.1. The molecule has 23 heteroatoms. The van der Waals surface area contributed by atoms with Crippen molar-refractivity contribution in [3.8, 4) is 0 Å². The zero-order valence-electron chi connectivity index (χ0n) is 41.1. The second-order valence-electron chi connectivity index (χ2n) is 20.6. The molecule has 5 aliphatic rings. The highest BCUT2D eigenvalue weighted by atomic mass is 16.8. The number of β-amino-alcohol motifs (C(OH)–C–C–N with tert-alkyl or cyclic N) is 1. The lowest BCUT2D eigenvalue weighted by molar-refractivity contribution is -0.329. The third-order valence-electron chi connectivity index (χ3n) is 14.7. The fourth-order valence-electron chi connectivity index (χ4n) is 10.1. The van der Waals surface area contributed by atoms with Gasteiger partial charge in [0.25, 0.3) is 29.5 Å².